The van der Waals surface area contributed by atoms with Crippen molar-refractivity contribution in [1.29, 1.82) is 0 Å². The summed E-state index contributed by atoms with van der Waals surface area (Å²) in [5.41, 5.74) is 1.35. The molecule has 1 N–H and O–H groups in total. The van der Waals surface area contributed by atoms with Crippen molar-refractivity contribution in [3.05, 3.63) is 34.3 Å². The third kappa shape index (κ3) is 3.08. The molecule has 0 saturated heterocycles. The molecule has 1 aliphatic rings. The highest BCUT2D eigenvalue weighted by Gasteiger charge is 2.20. The van der Waals surface area contributed by atoms with Crippen LogP contribution in [0.3, 0.4) is 0 Å². The fraction of sp³-hybridized carbons (Fsp3) is 0.571. The first-order valence-corrected chi connectivity index (χ1v) is 7.03. The van der Waals surface area contributed by atoms with Crippen LogP contribution in [0.2, 0.25) is 0 Å². The van der Waals surface area contributed by atoms with Gasteiger partial charge in [0.1, 0.15) is 0 Å². The Morgan fingerprint density at radius 2 is 2.00 bits per heavy atom. The number of hydrogen-bond donors (Lipinski definition) is 1. The molecule has 16 heavy (non-hydrogen) atoms. The van der Waals surface area contributed by atoms with Crippen LogP contribution in [-0.4, -0.2) is 6.04 Å². The third-order valence-electron chi connectivity index (χ3n) is 3.68. The normalized spacial score (nSPS) is 18.9. The Labute approximate surface area is 107 Å². The van der Waals surface area contributed by atoms with E-state index in [1.807, 2.05) is 0 Å². The first kappa shape index (κ1) is 12.1. The van der Waals surface area contributed by atoms with Gasteiger partial charge in [0, 0.05) is 17.1 Å². The highest BCUT2D eigenvalue weighted by atomic mass is 79.9. The van der Waals surface area contributed by atoms with Crippen molar-refractivity contribution in [1.82, 2.24) is 5.32 Å². The van der Waals surface area contributed by atoms with Crippen LogP contribution in [0.4, 0.5) is 0 Å². The first-order chi connectivity index (χ1) is 7.77. The molecule has 2 rings (SSSR count). The second kappa shape index (κ2) is 5.83. The van der Waals surface area contributed by atoms with E-state index in [1.165, 1.54) is 35.7 Å². The van der Waals surface area contributed by atoms with Crippen molar-refractivity contribution in [2.24, 2.45) is 5.92 Å². The Hall–Kier alpha value is -0.340. The molecular weight excluding hydrogens is 262 g/mol. The molecule has 0 radical (unpaired) electrons. The van der Waals surface area contributed by atoms with Gasteiger partial charge in [-0.15, -0.1) is 0 Å². The monoisotopic (exact) mass is 281 g/mol. The SMILES string of the molecule is C[C@@H](NCc1ccccc1Br)C1CCCC1. The minimum Gasteiger partial charge on any atom is -0.310 e. The average Bonchev–Trinajstić information content (AvgIpc) is 2.81. The number of nitrogens with one attached hydrogen (secondary N) is 1. The van der Waals surface area contributed by atoms with Crippen molar-refractivity contribution in [2.45, 2.75) is 45.2 Å². The lowest BCUT2D eigenvalue weighted by Gasteiger charge is -2.20. The van der Waals surface area contributed by atoms with E-state index in [-0.39, 0.29) is 0 Å². The molecule has 0 heterocycles. The second-order valence-corrected chi connectivity index (χ2v) is 5.66. The van der Waals surface area contributed by atoms with Gasteiger partial charge in [-0.25, -0.2) is 0 Å². The van der Waals surface area contributed by atoms with Gasteiger partial charge in [-0.3, -0.25) is 0 Å². The van der Waals surface area contributed by atoms with Gasteiger partial charge in [0.05, 0.1) is 0 Å². The van der Waals surface area contributed by atoms with Crippen LogP contribution in [0.5, 0.6) is 0 Å². The minimum atomic E-state index is 0.648. The van der Waals surface area contributed by atoms with Gasteiger partial charge in [0.15, 0.2) is 0 Å². The highest BCUT2D eigenvalue weighted by Crippen LogP contribution is 2.27. The van der Waals surface area contributed by atoms with Crippen LogP contribution in [-0.2, 0) is 6.54 Å². The largest absolute Gasteiger partial charge is 0.310 e. The first-order valence-electron chi connectivity index (χ1n) is 6.24. The summed E-state index contributed by atoms with van der Waals surface area (Å²) < 4.78 is 1.21. The Morgan fingerprint density at radius 1 is 1.31 bits per heavy atom. The molecule has 0 spiro atoms. The summed E-state index contributed by atoms with van der Waals surface area (Å²) in [6.07, 6.45) is 5.66. The van der Waals surface area contributed by atoms with Gasteiger partial charge < -0.3 is 5.32 Å². The number of benzene rings is 1. The molecule has 1 atom stereocenters. The van der Waals surface area contributed by atoms with Crippen molar-refractivity contribution in [3.63, 3.8) is 0 Å². The van der Waals surface area contributed by atoms with Crippen LogP contribution in [0.15, 0.2) is 28.7 Å². The smallest absolute Gasteiger partial charge is 0.0220 e. The third-order valence-corrected chi connectivity index (χ3v) is 4.45. The Kier molecular flexibility index (Phi) is 4.42. The number of halogens is 1. The topological polar surface area (TPSA) is 12.0 Å². The van der Waals surface area contributed by atoms with E-state index in [0.29, 0.717) is 6.04 Å². The molecule has 0 bridgehead atoms. The van der Waals surface area contributed by atoms with E-state index in [2.05, 4.69) is 52.4 Å². The molecule has 1 aromatic carbocycles. The second-order valence-electron chi connectivity index (χ2n) is 4.81. The summed E-state index contributed by atoms with van der Waals surface area (Å²) in [7, 11) is 0. The molecule has 0 unspecified atom stereocenters. The summed E-state index contributed by atoms with van der Waals surface area (Å²) >= 11 is 3.59. The molecule has 2 heteroatoms. The average molecular weight is 282 g/mol. The molecule has 0 aromatic heterocycles. The van der Waals surface area contributed by atoms with E-state index in [4.69, 9.17) is 0 Å². The fourth-order valence-corrected chi connectivity index (χ4v) is 2.96. The quantitative estimate of drug-likeness (QED) is 0.876. The molecule has 1 nitrogen and oxygen atoms in total. The van der Waals surface area contributed by atoms with Crippen molar-refractivity contribution >= 4 is 15.9 Å². The predicted molar refractivity (Wildman–Crippen MR) is 72.4 cm³/mol. The summed E-state index contributed by atoms with van der Waals surface area (Å²) in [4.78, 5) is 0. The van der Waals surface area contributed by atoms with Crippen LogP contribution in [0.25, 0.3) is 0 Å². The molecule has 1 aromatic rings. The van der Waals surface area contributed by atoms with E-state index in [0.717, 1.165) is 12.5 Å². The van der Waals surface area contributed by atoms with Crippen molar-refractivity contribution < 1.29 is 0 Å². The summed E-state index contributed by atoms with van der Waals surface area (Å²) in [6, 6.07) is 9.10. The molecular formula is C14H20BrN. The maximum atomic E-state index is 3.65. The summed E-state index contributed by atoms with van der Waals surface area (Å²) in [6.45, 7) is 3.30. The van der Waals surface area contributed by atoms with Gasteiger partial charge in [0.25, 0.3) is 0 Å². The maximum Gasteiger partial charge on any atom is 0.0220 e. The fourth-order valence-electron chi connectivity index (χ4n) is 2.54. The Morgan fingerprint density at radius 3 is 2.69 bits per heavy atom. The molecule has 1 saturated carbocycles. The maximum absolute atomic E-state index is 3.65. The standard InChI is InChI=1S/C14H20BrN/c1-11(12-6-2-3-7-12)16-10-13-8-4-5-9-14(13)15/h4-5,8-9,11-12,16H,2-3,6-7,10H2,1H3/t11-/m1/s1. The van der Waals surface area contributed by atoms with Gasteiger partial charge in [-0.1, -0.05) is 47.0 Å². The van der Waals surface area contributed by atoms with E-state index in [1.54, 1.807) is 0 Å². The molecule has 88 valence electrons. The summed E-state index contributed by atoms with van der Waals surface area (Å²) in [5.74, 6) is 0.891. The lowest BCUT2D eigenvalue weighted by atomic mass is 9.99. The zero-order chi connectivity index (χ0) is 11.4. The lowest BCUT2D eigenvalue weighted by molar-refractivity contribution is 0.380. The molecule has 1 fully saturated rings. The molecule has 0 aliphatic heterocycles. The highest BCUT2D eigenvalue weighted by molar-refractivity contribution is 9.10. The van der Waals surface area contributed by atoms with Crippen molar-refractivity contribution in [3.8, 4) is 0 Å². The van der Waals surface area contributed by atoms with E-state index < -0.39 is 0 Å². The van der Waals surface area contributed by atoms with E-state index >= 15 is 0 Å². The molecule has 1 aliphatic carbocycles. The number of hydrogen-bond acceptors (Lipinski definition) is 1. The summed E-state index contributed by atoms with van der Waals surface area (Å²) in [5, 5.41) is 3.65. The molecule has 0 amide bonds. The van der Waals surface area contributed by atoms with Gasteiger partial charge in [0.2, 0.25) is 0 Å². The van der Waals surface area contributed by atoms with Gasteiger partial charge in [-0.05, 0) is 37.3 Å². The zero-order valence-electron chi connectivity index (χ0n) is 9.88. The predicted octanol–water partition coefficient (Wildman–Crippen LogP) is 4.12. The number of rotatable bonds is 4. The van der Waals surface area contributed by atoms with Gasteiger partial charge >= 0.3 is 0 Å². The Balaban J connectivity index is 1.84. The van der Waals surface area contributed by atoms with Crippen LogP contribution in [0, 0.1) is 5.92 Å². The lowest BCUT2D eigenvalue weighted by Crippen LogP contribution is -2.31. The van der Waals surface area contributed by atoms with Crippen LogP contribution >= 0.6 is 15.9 Å². The van der Waals surface area contributed by atoms with Crippen LogP contribution < -0.4 is 5.32 Å². The van der Waals surface area contributed by atoms with Crippen LogP contribution in [0.1, 0.15) is 38.2 Å². The van der Waals surface area contributed by atoms with Crippen molar-refractivity contribution in [2.75, 3.05) is 0 Å². The zero-order valence-corrected chi connectivity index (χ0v) is 11.5. The minimum absolute atomic E-state index is 0.648. The Bertz CT molecular complexity index is 331. The van der Waals surface area contributed by atoms with Gasteiger partial charge in [-0.2, -0.15) is 0 Å². The van der Waals surface area contributed by atoms with E-state index in [9.17, 15) is 0 Å².